The van der Waals surface area contributed by atoms with Crippen molar-refractivity contribution in [3.05, 3.63) is 191 Å². The summed E-state index contributed by atoms with van der Waals surface area (Å²) in [5, 5.41) is 0. The fourth-order valence-corrected chi connectivity index (χ4v) is 5.79. The van der Waals surface area contributed by atoms with E-state index < -0.39 is 0 Å². The third-order valence-electron chi connectivity index (χ3n) is 8.18. The largest absolute Gasteiger partial charge is 0.0622 e. The van der Waals surface area contributed by atoms with Crippen molar-refractivity contribution < 1.29 is 0 Å². The van der Waals surface area contributed by atoms with Crippen molar-refractivity contribution >= 4 is 0 Å². The molecular weight excluding hydrogens is 480 g/mol. The summed E-state index contributed by atoms with van der Waals surface area (Å²) in [6.45, 7) is 4.48. The average molecular weight is 515 g/mol. The van der Waals surface area contributed by atoms with Gasteiger partial charge in [-0.15, -0.1) is 0 Å². The van der Waals surface area contributed by atoms with E-state index in [1.54, 1.807) is 0 Å². The molecule has 0 unspecified atom stereocenters. The minimum Gasteiger partial charge on any atom is -0.0622 e. The van der Waals surface area contributed by atoms with Gasteiger partial charge >= 0.3 is 0 Å². The molecule has 0 heteroatoms. The highest BCUT2D eigenvalue weighted by atomic mass is 14.3. The highest BCUT2D eigenvalue weighted by molar-refractivity contribution is 5.72. The Bertz CT molecular complexity index is 1640. The van der Waals surface area contributed by atoms with Gasteiger partial charge in [0.05, 0.1) is 0 Å². The molecule has 6 rings (SSSR count). The molecule has 0 nitrogen and oxygen atoms in total. The molecule has 0 saturated heterocycles. The predicted molar refractivity (Wildman–Crippen MR) is 170 cm³/mol. The summed E-state index contributed by atoms with van der Waals surface area (Å²) in [5.74, 6) is 0. The second kappa shape index (κ2) is 11.2. The molecule has 0 aliphatic carbocycles. The number of benzene rings is 6. The van der Waals surface area contributed by atoms with Crippen LogP contribution >= 0.6 is 0 Å². The summed E-state index contributed by atoms with van der Waals surface area (Å²) in [7, 11) is 0. The molecule has 0 fully saturated rings. The molecule has 0 spiro atoms. The molecular formula is C40H34. The highest BCUT2D eigenvalue weighted by Gasteiger charge is 2.33. The van der Waals surface area contributed by atoms with E-state index in [1.807, 2.05) is 0 Å². The molecule has 194 valence electrons. The quantitative estimate of drug-likeness (QED) is 0.186. The Hall–Kier alpha value is -4.68. The normalized spacial score (nSPS) is 11.3. The van der Waals surface area contributed by atoms with Crippen LogP contribution in [0.25, 0.3) is 22.3 Å². The second-order valence-corrected chi connectivity index (χ2v) is 10.8. The van der Waals surface area contributed by atoms with E-state index in [2.05, 4.69) is 172 Å². The zero-order chi connectivity index (χ0) is 27.4. The van der Waals surface area contributed by atoms with Gasteiger partial charge in [-0.2, -0.15) is 0 Å². The molecule has 0 atom stereocenters. The molecule has 40 heavy (non-hydrogen) atoms. The topological polar surface area (TPSA) is 0 Å². The van der Waals surface area contributed by atoms with Gasteiger partial charge in [0.25, 0.3) is 0 Å². The van der Waals surface area contributed by atoms with Crippen LogP contribution in [0.5, 0.6) is 0 Å². The van der Waals surface area contributed by atoms with E-state index in [-0.39, 0.29) is 5.41 Å². The summed E-state index contributed by atoms with van der Waals surface area (Å²) in [6, 6.07) is 57.4. The summed E-state index contributed by atoms with van der Waals surface area (Å²) >= 11 is 0. The van der Waals surface area contributed by atoms with Gasteiger partial charge in [-0.05, 0) is 70.3 Å². The van der Waals surface area contributed by atoms with Crippen molar-refractivity contribution in [3.8, 4) is 22.3 Å². The van der Waals surface area contributed by atoms with Crippen LogP contribution in [0.3, 0.4) is 0 Å². The summed E-state index contributed by atoms with van der Waals surface area (Å²) < 4.78 is 0. The standard InChI is InChI=1S/C40H34/c1-30-17-23-33(24-18-30)34-25-19-31(20-26-34)29-32-21-27-35(28-22-32)38-15-9-10-16-39(38)40(2,36-11-5-3-6-12-36)37-13-7-4-8-14-37/h3-28H,29H2,1-2H3. The zero-order valence-electron chi connectivity index (χ0n) is 23.2. The Morgan fingerprint density at radius 2 is 0.850 bits per heavy atom. The van der Waals surface area contributed by atoms with E-state index in [0.29, 0.717) is 0 Å². The molecule has 0 aromatic heterocycles. The lowest BCUT2D eigenvalue weighted by molar-refractivity contribution is 0.694. The van der Waals surface area contributed by atoms with Crippen molar-refractivity contribution in [2.45, 2.75) is 25.7 Å². The molecule has 0 amide bonds. The van der Waals surface area contributed by atoms with E-state index >= 15 is 0 Å². The fraction of sp³-hybridized carbons (Fsp3) is 0.100. The zero-order valence-corrected chi connectivity index (χ0v) is 23.2. The van der Waals surface area contributed by atoms with Crippen molar-refractivity contribution in [2.75, 3.05) is 0 Å². The lowest BCUT2D eigenvalue weighted by Gasteiger charge is -2.34. The van der Waals surface area contributed by atoms with Crippen molar-refractivity contribution in [3.63, 3.8) is 0 Å². The number of rotatable bonds is 7. The van der Waals surface area contributed by atoms with E-state index in [9.17, 15) is 0 Å². The average Bonchev–Trinajstić information content (AvgIpc) is 3.03. The van der Waals surface area contributed by atoms with Crippen molar-refractivity contribution in [1.82, 2.24) is 0 Å². The van der Waals surface area contributed by atoms with Crippen LogP contribution < -0.4 is 0 Å². The monoisotopic (exact) mass is 514 g/mol. The first-order valence-corrected chi connectivity index (χ1v) is 14.1. The van der Waals surface area contributed by atoms with Gasteiger partial charge in [-0.25, -0.2) is 0 Å². The van der Waals surface area contributed by atoms with Crippen molar-refractivity contribution in [1.29, 1.82) is 0 Å². The number of hydrogen-bond acceptors (Lipinski definition) is 0. The molecule has 0 heterocycles. The molecule has 0 aliphatic heterocycles. The maximum Gasteiger partial charge on any atom is 0.0429 e. The van der Waals surface area contributed by atoms with Crippen LogP contribution in [-0.2, 0) is 11.8 Å². The summed E-state index contributed by atoms with van der Waals surface area (Å²) in [4.78, 5) is 0. The van der Waals surface area contributed by atoms with Gasteiger partial charge < -0.3 is 0 Å². The lowest BCUT2D eigenvalue weighted by atomic mass is 9.69. The third-order valence-corrected chi connectivity index (χ3v) is 8.18. The van der Waals surface area contributed by atoms with Crippen LogP contribution in [0.2, 0.25) is 0 Å². The van der Waals surface area contributed by atoms with Crippen LogP contribution in [0.4, 0.5) is 0 Å². The molecule has 6 aromatic rings. The summed E-state index contributed by atoms with van der Waals surface area (Å²) in [6.07, 6.45) is 0.919. The smallest absolute Gasteiger partial charge is 0.0429 e. The van der Waals surface area contributed by atoms with Crippen LogP contribution in [0.1, 0.15) is 40.3 Å². The first-order valence-electron chi connectivity index (χ1n) is 14.1. The highest BCUT2D eigenvalue weighted by Crippen LogP contribution is 2.43. The van der Waals surface area contributed by atoms with Gasteiger partial charge in [-0.1, -0.05) is 163 Å². The Balaban J connectivity index is 1.30. The second-order valence-electron chi connectivity index (χ2n) is 10.8. The maximum absolute atomic E-state index is 2.35. The Morgan fingerprint density at radius 1 is 0.425 bits per heavy atom. The van der Waals surface area contributed by atoms with Crippen LogP contribution in [0.15, 0.2) is 158 Å². The van der Waals surface area contributed by atoms with Crippen molar-refractivity contribution in [2.24, 2.45) is 0 Å². The minimum absolute atomic E-state index is 0.281. The van der Waals surface area contributed by atoms with Crippen LogP contribution in [-0.4, -0.2) is 0 Å². The van der Waals surface area contributed by atoms with Gasteiger partial charge in [0, 0.05) is 5.41 Å². The van der Waals surface area contributed by atoms with Gasteiger partial charge in [0.15, 0.2) is 0 Å². The predicted octanol–water partition coefficient (Wildman–Crippen LogP) is 10.3. The van der Waals surface area contributed by atoms with E-state index in [4.69, 9.17) is 0 Å². The Morgan fingerprint density at radius 3 is 1.38 bits per heavy atom. The molecule has 6 aromatic carbocycles. The number of hydrogen-bond donors (Lipinski definition) is 0. The first kappa shape index (κ1) is 25.6. The summed E-state index contributed by atoms with van der Waals surface area (Å²) in [5.41, 5.74) is 12.6. The Kier molecular flexibility index (Phi) is 7.17. The van der Waals surface area contributed by atoms with Gasteiger partial charge in [0.2, 0.25) is 0 Å². The fourth-order valence-electron chi connectivity index (χ4n) is 5.79. The molecule has 0 bridgehead atoms. The SMILES string of the molecule is Cc1ccc(-c2ccc(Cc3ccc(-c4ccccc4C(C)(c4ccccc4)c4ccccc4)cc3)cc2)cc1. The first-order chi connectivity index (χ1) is 19.6. The minimum atomic E-state index is -0.281. The molecule has 0 radical (unpaired) electrons. The Labute approximate surface area is 238 Å². The van der Waals surface area contributed by atoms with Crippen LogP contribution in [0, 0.1) is 6.92 Å². The number of aryl methyl sites for hydroxylation is 1. The molecule has 0 saturated carbocycles. The lowest BCUT2D eigenvalue weighted by Crippen LogP contribution is -2.26. The van der Waals surface area contributed by atoms with E-state index in [1.165, 1.54) is 55.6 Å². The van der Waals surface area contributed by atoms with Gasteiger partial charge in [-0.3, -0.25) is 0 Å². The third kappa shape index (κ3) is 5.14. The molecule has 0 aliphatic rings. The maximum atomic E-state index is 2.35. The van der Waals surface area contributed by atoms with Gasteiger partial charge in [0.1, 0.15) is 0 Å². The molecule has 0 N–H and O–H groups in total. The van der Waals surface area contributed by atoms with E-state index in [0.717, 1.165) is 6.42 Å².